The quantitative estimate of drug-likeness (QED) is 0.103. The van der Waals surface area contributed by atoms with Gasteiger partial charge in [0.05, 0.1) is 13.3 Å². The lowest BCUT2D eigenvalue weighted by atomic mass is 10.2. The first-order chi connectivity index (χ1) is 22.2. The highest BCUT2D eigenvalue weighted by Crippen LogP contribution is 2.42. The van der Waals surface area contributed by atoms with Crippen LogP contribution in [0.4, 0.5) is 5.69 Å². The number of furan rings is 1. The SMILES string of the molecule is COc1cc(/C=N/NC(=O)c2ccc(COc3ccc(-n4c(C)ccc4C)cc3)o2)c(Br)c(Cl)c1OCC(=O)Nc1ccccc1. The van der Waals surface area contributed by atoms with E-state index >= 15 is 0 Å². The summed E-state index contributed by atoms with van der Waals surface area (Å²) in [4.78, 5) is 25.0. The summed E-state index contributed by atoms with van der Waals surface area (Å²) in [6.07, 6.45) is 1.38. The summed E-state index contributed by atoms with van der Waals surface area (Å²) >= 11 is 9.94. The number of hydrogen-bond acceptors (Lipinski definition) is 7. The van der Waals surface area contributed by atoms with Crippen LogP contribution in [0.25, 0.3) is 5.69 Å². The molecule has 236 valence electrons. The number of hydrazone groups is 1. The third kappa shape index (κ3) is 7.79. The molecule has 0 fully saturated rings. The Morgan fingerprint density at radius 3 is 2.39 bits per heavy atom. The van der Waals surface area contributed by atoms with Crippen LogP contribution in [0.3, 0.4) is 0 Å². The van der Waals surface area contributed by atoms with E-state index in [4.69, 9.17) is 30.2 Å². The summed E-state index contributed by atoms with van der Waals surface area (Å²) in [7, 11) is 1.44. The molecule has 0 bridgehead atoms. The van der Waals surface area contributed by atoms with Crippen molar-refractivity contribution >= 4 is 51.2 Å². The highest BCUT2D eigenvalue weighted by Gasteiger charge is 2.19. The van der Waals surface area contributed by atoms with Crippen LogP contribution in [0.2, 0.25) is 5.02 Å². The number of anilines is 1. The second kappa shape index (κ2) is 14.9. The van der Waals surface area contributed by atoms with E-state index < -0.39 is 5.91 Å². The van der Waals surface area contributed by atoms with Gasteiger partial charge in [0.15, 0.2) is 23.9 Å². The van der Waals surface area contributed by atoms with Crippen molar-refractivity contribution in [3.05, 3.63) is 123 Å². The number of rotatable bonds is 12. The van der Waals surface area contributed by atoms with Gasteiger partial charge >= 0.3 is 5.91 Å². The minimum absolute atomic E-state index is 0.0665. The van der Waals surface area contributed by atoms with Gasteiger partial charge in [-0.3, -0.25) is 9.59 Å². The van der Waals surface area contributed by atoms with Crippen molar-refractivity contribution in [2.45, 2.75) is 20.5 Å². The molecule has 2 aromatic heterocycles. The number of carbonyl (C=O) groups is 2. The summed E-state index contributed by atoms with van der Waals surface area (Å²) in [6.45, 7) is 3.97. The van der Waals surface area contributed by atoms with Crippen molar-refractivity contribution in [3.63, 3.8) is 0 Å². The zero-order valence-electron chi connectivity index (χ0n) is 25.2. The van der Waals surface area contributed by atoms with Crippen LogP contribution in [0.5, 0.6) is 17.2 Å². The molecule has 5 rings (SSSR count). The second-order valence-electron chi connectivity index (χ2n) is 10.0. The fourth-order valence-corrected chi connectivity index (χ4v) is 5.21. The van der Waals surface area contributed by atoms with Crippen molar-refractivity contribution < 1.29 is 28.2 Å². The normalized spacial score (nSPS) is 11.0. The molecule has 0 saturated heterocycles. The molecule has 5 aromatic rings. The number of aryl methyl sites for hydroxylation is 2. The minimum Gasteiger partial charge on any atom is -0.493 e. The molecule has 46 heavy (non-hydrogen) atoms. The van der Waals surface area contributed by atoms with Gasteiger partial charge in [-0.2, -0.15) is 5.10 Å². The third-order valence-electron chi connectivity index (χ3n) is 6.78. The summed E-state index contributed by atoms with van der Waals surface area (Å²) < 4.78 is 25.2. The van der Waals surface area contributed by atoms with E-state index in [9.17, 15) is 9.59 Å². The average Bonchev–Trinajstić information content (AvgIpc) is 3.68. The second-order valence-corrected chi connectivity index (χ2v) is 11.2. The van der Waals surface area contributed by atoms with Gasteiger partial charge in [0.25, 0.3) is 5.91 Å². The van der Waals surface area contributed by atoms with Crippen LogP contribution in [-0.2, 0) is 11.4 Å². The van der Waals surface area contributed by atoms with E-state index in [1.54, 1.807) is 30.3 Å². The molecule has 3 aromatic carbocycles. The molecule has 2 N–H and O–H groups in total. The molecule has 0 unspecified atom stereocenters. The highest BCUT2D eigenvalue weighted by atomic mass is 79.9. The number of amides is 2. The number of benzene rings is 3. The molecular formula is C34H30BrClN4O6. The lowest BCUT2D eigenvalue weighted by Gasteiger charge is -2.15. The van der Waals surface area contributed by atoms with Gasteiger partial charge in [-0.15, -0.1) is 0 Å². The molecule has 0 radical (unpaired) electrons. The van der Waals surface area contributed by atoms with Crippen LogP contribution in [0, 0.1) is 13.8 Å². The number of para-hydroxylation sites is 1. The van der Waals surface area contributed by atoms with Gasteiger partial charge in [0.1, 0.15) is 23.1 Å². The summed E-state index contributed by atoms with van der Waals surface area (Å²) in [6, 6.07) is 25.7. The van der Waals surface area contributed by atoms with Crippen LogP contribution in [0.1, 0.15) is 33.3 Å². The summed E-state index contributed by atoms with van der Waals surface area (Å²) in [5.41, 5.74) is 6.91. The number of nitrogens with one attached hydrogen (secondary N) is 2. The molecule has 0 spiro atoms. The number of carbonyl (C=O) groups excluding carboxylic acids is 2. The lowest BCUT2D eigenvalue weighted by molar-refractivity contribution is -0.118. The van der Waals surface area contributed by atoms with Crippen LogP contribution < -0.4 is 25.0 Å². The number of hydrogen-bond donors (Lipinski definition) is 2. The van der Waals surface area contributed by atoms with Gasteiger partial charge in [0, 0.05) is 32.8 Å². The first-order valence-electron chi connectivity index (χ1n) is 14.1. The smallest absolute Gasteiger partial charge is 0.307 e. The van der Waals surface area contributed by atoms with Crippen LogP contribution in [-0.4, -0.2) is 36.3 Å². The molecule has 0 aliphatic carbocycles. The molecule has 0 aliphatic rings. The average molecular weight is 706 g/mol. The Kier molecular flexibility index (Phi) is 10.5. The first kappa shape index (κ1) is 32.4. The summed E-state index contributed by atoms with van der Waals surface area (Å²) in [5.74, 6) is 0.738. The van der Waals surface area contributed by atoms with E-state index in [-0.39, 0.29) is 41.4 Å². The zero-order valence-corrected chi connectivity index (χ0v) is 27.5. The van der Waals surface area contributed by atoms with Crippen molar-refractivity contribution in [3.8, 4) is 22.9 Å². The van der Waals surface area contributed by atoms with E-state index in [0.29, 0.717) is 27.2 Å². The Hall–Kier alpha value is -5.00. The third-order valence-corrected chi connectivity index (χ3v) is 8.23. The van der Waals surface area contributed by atoms with Gasteiger partial charge in [-0.05, 0) is 96.5 Å². The molecule has 0 aliphatic heterocycles. The fourth-order valence-electron chi connectivity index (χ4n) is 4.56. The Labute approximate surface area is 279 Å². The van der Waals surface area contributed by atoms with Crippen molar-refractivity contribution in [1.82, 2.24) is 9.99 Å². The van der Waals surface area contributed by atoms with Crippen molar-refractivity contribution in [1.29, 1.82) is 0 Å². The van der Waals surface area contributed by atoms with Crippen molar-refractivity contribution in [2.75, 3.05) is 19.0 Å². The Bertz CT molecular complexity index is 1850. The highest BCUT2D eigenvalue weighted by molar-refractivity contribution is 9.10. The molecule has 10 nitrogen and oxygen atoms in total. The molecule has 2 heterocycles. The molecule has 0 saturated carbocycles. The van der Waals surface area contributed by atoms with E-state index in [2.05, 4.69) is 62.3 Å². The molecule has 0 atom stereocenters. The van der Waals surface area contributed by atoms with Crippen molar-refractivity contribution in [2.24, 2.45) is 5.10 Å². The standard InChI is InChI=1S/C34H30BrClN4O6/c1-21-9-10-22(2)40(21)25-11-13-26(14-12-25)44-19-27-15-16-28(46-27)34(42)39-37-18-23-17-29(43-3)33(32(36)31(23)35)45-20-30(41)38-24-7-5-4-6-8-24/h4-18H,19-20H2,1-3H3,(H,38,41)(H,39,42)/b37-18+. The lowest BCUT2D eigenvalue weighted by Crippen LogP contribution is -2.20. The van der Waals surface area contributed by atoms with Gasteiger partial charge in [-0.1, -0.05) is 29.8 Å². The number of aromatic nitrogens is 1. The topological polar surface area (TPSA) is 116 Å². The molecule has 12 heteroatoms. The van der Waals surface area contributed by atoms with E-state index in [0.717, 1.165) is 17.1 Å². The molecule has 2 amide bonds. The predicted octanol–water partition coefficient (Wildman–Crippen LogP) is 7.47. The number of methoxy groups -OCH3 is 1. The predicted molar refractivity (Wildman–Crippen MR) is 180 cm³/mol. The maximum absolute atomic E-state index is 12.7. The van der Waals surface area contributed by atoms with E-state index in [1.165, 1.54) is 13.3 Å². The monoisotopic (exact) mass is 704 g/mol. The minimum atomic E-state index is -0.553. The fraction of sp³-hybridized carbons (Fsp3) is 0.147. The number of halogens is 2. The maximum atomic E-state index is 12.7. The maximum Gasteiger partial charge on any atom is 0.307 e. The summed E-state index contributed by atoms with van der Waals surface area (Å²) in [5, 5.41) is 6.93. The van der Waals surface area contributed by atoms with Gasteiger partial charge < -0.3 is 28.5 Å². The zero-order chi connectivity index (χ0) is 32.6. The van der Waals surface area contributed by atoms with E-state index in [1.807, 2.05) is 42.5 Å². The first-order valence-corrected chi connectivity index (χ1v) is 15.2. The Morgan fingerprint density at radius 2 is 1.70 bits per heavy atom. The van der Waals surface area contributed by atoms with Crippen LogP contribution >= 0.6 is 27.5 Å². The van der Waals surface area contributed by atoms with Gasteiger partial charge in [0.2, 0.25) is 0 Å². The van der Waals surface area contributed by atoms with Gasteiger partial charge in [-0.25, -0.2) is 5.43 Å². The largest absolute Gasteiger partial charge is 0.493 e. The Balaban J connectivity index is 1.15. The Morgan fingerprint density at radius 1 is 0.978 bits per heavy atom. The number of ether oxygens (including phenoxy) is 3. The van der Waals surface area contributed by atoms with Crippen LogP contribution in [0.15, 0.2) is 98.9 Å². The molecular weight excluding hydrogens is 676 g/mol. The number of nitrogens with zero attached hydrogens (tertiary/aromatic N) is 2.